The fourth-order valence-corrected chi connectivity index (χ4v) is 1.12. The highest BCUT2D eigenvalue weighted by Gasteiger charge is 2.12. The van der Waals surface area contributed by atoms with Crippen molar-refractivity contribution in [1.82, 2.24) is 5.32 Å². The summed E-state index contributed by atoms with van der Waals surface area (Å²) in [6.45, 7) is 7.07. The lowest BCUT2D eigenvalue weighted by atomic mass is 10.0. The van der Waals surface area contributed by atoms with Gasteiger partial charge in [0, 0.05) is 19.1 Å². The maximum atomic E-state index is 10.7. The highest BCUT2D eigenvalue weighted by molar-refractivity contribution is 5.53. The van der Waals surface area contributed by atoms with Gasteiger partial charge in [0.05, 0.1) is 5.60 Å². The van der Waals surface area contributed by atoms with Crippen LogP contribution in [0, 0.1) is 5.92 Å². The van der Waals surface area contributed by atoms with E-state index in [0.717, 1.165) is 6.29 Å². The molecule has 1 N–H and O–H groups in total. The highest BCUT2D eigenvalue weighted by Crippen LogP contribution is 2.11. The van der Waals surface area contributed by atoms with Crippen molar-refractivity contribution in [3.63, 3.8) is 0 Å². The summed E-state index contributed by atoms with van der Waals surface area (Å²) in [6.07, 6.45) is 2.96. The Morgan fingerprint density at radius 3 is 2.40 bits per heavy atom. The smallest absolute Gasteiger partial charge is 0.207 e. The van der Waals surface area contributed by atoms with Gasteiger partial charge in [0.1, 0.15) is 6.29 Å². The average Bonchev–Trinajstić information content (AvgIpc) is 2.14. The highest BCUT2D eigenvalue weighted by atomic mass is 16.5. The van der Waals surface area contributed by atoms with Gasteiger partial charge in [-0.05, 0) is 33.6 Å². The van der Waals surface area contributed by atoms with E-state index in [2.05, 4.69) is 5.32 Å². The maximum Gasteiger partial charge on any atom is 0.207 e. The summed E-state index contributed by atoms with van der Waals surface area (Å²) in [6, 6.07) is 0. The summed E-state index contributed by atoms with van der Waals surface area (Å²) in [7, 11) is 0. The molecule has 0 aromatic rings. The summed E-state index contributed by atoms with van der Waals surface area (Å²) in [5, 5.41) is 2.54. The van der Waals surface area contributed by atoms with E-state index in [0.29, 0.717) is 32.4 Å². The first-order chi connectivity index (χ1) is 6.99. The maximum absolute atomic E-state index is 10.7. The first kappa shape index (κ1) is 14.1. The predicted molar refractivity (Wildman–Crippen MR) is 58.6 cm³/mol. The van der Waals surface area contributed by atoms with E-state index >= 15 is 0 Å². The van der Waals surface area contributed by atoms with Crippen LogP contribution in [0.25, 0.3) is 0 Å². The number of rotatable bonds is 8. The molecule has 0 aromatic heterocycles. The molecule has 1 amide bonds. The molecule has 0 aliphatic rings. The lowest BCUT2D eigenvalue weighted by molar-refractivity contribution is -0.113. The molecule has 0 saturated heterocycles. The zero-order chi connectivity index (χ0) is 11.7. The van der Waals surface area contributed by atoms with Gasteiger partial charge < -0.3 is 14.8 Å². The minimum Gasteiger partial charge on any atom is -0.376 e. The molecule has 0 aliphatic carbocycles. The van der Waals surface area contributed by atoms with E-state index in [1.54, 1.807) is 0 Å². The molecule has 0 fully saturated rings. The van der Waals surface area contributed by atoms with Crippen LogP contribution in [0.4, 0.5) is 0 Å². The molecule has 0 aromatic carbocycles. The molecule has 15 heavy (non-hydrogen) atoms. The fraction of sp³-hybridized carbons (Fsp3) is 0.818. The van der Waals surface area contributed by atoms with Crippen LogP contribution < -0.4 is 5.32 Å². The van der Waals surface area contributed by atoms with E-state index in [-0.39, 0.29) is 11.5 Å². The number of hydrogen-bond acceptors (Lipinski definition) is 3. The first-order valence-electron chi connectivity index (χ1n) is 5.26. The minimum atomic E-state index is -0.158. The van der Waals surface area contributed by atoms with Crippen LogP contribution in [0.1, 0.15) is 33.6 Å². The molecule has 1 unspecified atom stereocenters. The molecule has 0 bridgehead atoms. The second-order valence-electron chi connectivity index (χ2n) is 4.51. The van der Waals surface area contributed by atoms with Crippen molar-refractivity contribution in [2.45, 2.75) is 39.2 Å². The summed E-state index contributed by atoms with van der Waals surface area (Å²) < 4.78 is 5.52. The van der Waals surface area contributed by atoms with Crippen LogP contribution in [0.2, 0.25) is 0 Å². The molecule has 4 nitrogen and oxygen atoms in total. The normalized spacial score (nSPS) is 13.3. The molecule has 0 saturated carbocycles. The third-order valence-corrected chi connectivity index (χ3v) is 1.96. The number of aldehydes is 1. The number of amides is 1. The van der Waals surface area contributed by atoms with Crippen molar-refractivity contribution < 1.29 is 14.3 Å². The summed E-state index contributed by atoms with van der Waals surface area (Å²) in [5.41, 5.74) is -0.158. The van der Waals surface area contributed by atoms with Gasteiger partial charge in [-0.1, -0.05) is 0 Å². The first-order valence-corrected chi connectivity index (χ1v) is 5.26. The largest absolute Gasteiger partial charge is 0.376 e. The van der Waals surface area contributed by atoms with E-state index in [1.165, 1.54) is 0 Å². The lowest BCUT2D eigenvalue weighted by Gasteiger charge is -2.20. The van der Waals surface area contributed by atoms with Gasteiger partial charge in [-0.2, -0.15) is 0 Å². The second-order valence-corrected chi connectivity index (χ2v) is 4.51. The van der Waals surface area contributed by atoms with Crippen LogP contribution >= 0.6 is 0 Å². The second kappa shape index (κ2) is 7.40. The van der Waals surface area contributed by atoms with Gasteiger partial charge in [-0.15, -0.1) is 0 Å². The molecule has 4 heteroatoms. The fourth-order valence-electron chi connectivity index (χ4n) is 1.12. The van der Waals surface area contributed by atoms with E-state index in [9.17, 15) is 9.59 Å². The standard InChI is InChI=1S/C11H21NO3/c1-11(2,3)15-7-5-10(8-13)4-6-12-9-14/h8-10H,4-7H2,1-3H3,(H,12,14). The molecule has 1 atom stereocenters. The zero-order valence-electron chi connectivity index (χ0n) is 9.79. The minimum absolute atomic E-state index is 0.0280. The molecular formula is C11H21NO3. The Balaban J connectivity index is 3.61. The van der Waals surface area contributed by atoms with Crippen LogP contribution in [-0.2, 0) is 14.3 Å². The van der Waals surface area contributed by atoms with Gasteiger partial charge in [-0.25, -0.2) is 0 Å². The Kier molecular flexibility index (Phi) is 6.96. The number of nitrogens with one attached hydrogen (secondary N) is 1. The van der Waals surface area contributed by atoms with Crippen molar-refractivity contribution in [3.05, 3.63) is 0 Å². The molecule has 0 aliphatic heterocycles. The van der Waals surface area contributed by atoms with Crippen molar-refractivity contribution in [2.75, 3.05) is 13.2 Å². The van der Waals surface area contributed by atoms with Gasteiger partial charge in [-0.3, -0.25) is 4.79 Å². The molecule has 88 valence electrons. The number of carbonyl (C=O) groups is 2. The Bertz CT molecular complexity index is 187. The van der Waals surface area contributed by atoms with Gasteiger partial charge in [0.15, 0.2) is 0 Å². The van der Waals surface area contributed by atoms with Gasteiger partial charge >= 0.3 is 0 Å². The number of carbonyl (C=O) groups excluding carboxylic acids is 2. The Hall–Kier alpha value is -0.900. The predicted octanol–water partition coefficient (Wildman–Crippen LogP) is 1.14. The zero-order valence-corrected chi connectivity index (χ0v) is 9.79. The molecule has 0 radical (unpaired) electrons. The van der Waals surface area contributed by atoms with Crippen LogP contribution in [0.5, 0.6) is 0 Å². The SMILES string of the molecule is CC(C)(C)OCCC(C=O)CCNC=O. The Morgan fingerprint density at radius 2 is 1.93 bits per heavy atom. The molecule has 0 rings (SSSR count). The quantitative estimate of drug-likeness (QED) is 0.488. The Labute approximate surface area is 91.4 Å². The number of hydrogen-bond donors (Lipinski definition) is 1. The molecule has 0 heterocycles. The average molecular weight is 215 g/mol. The summed E-state index contributed by atoms with van der Waals surface area (Å²) in [5.74, 6) is -0.0280. The van der Waals surface area contributed by atoms with Crippen molar-refractivity contribution >= 4 is 12.7 Å². The Morgan fingerprint density at radius 1 is 1.27 bits per heavy atom. The van der Waals surface area contributed by atoms with Crippen molar-refractivity contribution in [2.24, 2.45) is 5.92 Å². The van der Waals surface area contributed by atoms with Crippen LogP contribution in [0.3, 0.4) is 0 Å². The summed E-state index contributed by atoms with van der Waals surface area (Å²) in [4.78, 5) is 20.7. The van der Waals surface area contributed by atoms with Crippen molar-refractivity contribution in [1.29, 1.82) is 0 Å². The third-order valence-electron chi connectivity index (χ3n) is 1.96. The van der Waals surface area contributed by atoms with Crippen molar-refractivity contribution in [3.8, 4) is 0 Å². The van der Waals surface area contributed by atoms with E-state index < -0.39 is 0 Å². The monoisotopic (exact) mass is 215 g/mol. The lowest BCUT2D eigenvalue weighted by Crippen LogP contribution is -2.22. The van der Waals surface area contributed by atoms with Crippen LogP contribution in [0.15, 0.2) is 0 Å². The third kappa shape index (κ3) is 9.41. The summed E-state index contributed by atoms with van der Waals surface area (Å²) >= 11 is 0. The molecular weight excluding hydrogens is 194 g/mol. The van der Waals surface area contributed by atoms with Crippen LogP contribution in [-0.4, -0.2) is 31.4 Å². The van der Waals surface area contributed by atoms with Gasteiger partial charge in [0.25, 0.3) is 0 Å². The van der Waals surface area contributed by atoms with E-state index in [1.807, 2.05) is 20.8 Å². The number of ether oxygens (including phenoxy) is 1. The molecule has 0 spiro atoms. The van der Waals surface area contributed by atoms with Gasteiger partial charge in [0.2, 0.25) is 6.41 Å². The van der Waals surface area contributed by atoms with E-state index in [4.69, 9.17) is 4.74 Å². The topological polar surface area (TPSA) is 55.4 Å².